The summed E-state index contributed by atoms with van der Waals surface area (Å²) in [5.74, 6) is 0.494. The van der Waals surface area contributed by atoms with Crippen molar-refractivity contribution in [3.05, 3.63) is 24.5 Å². The van der Waals surface area contributed by atoms with Crippen molar-refractivity contribution in [2.75, 3.05) is 18.8 Å². The van der Waals surface area contributed by atoms with Crippen molar-refractivity contribution in [1.82, 2.24) is 9.88 Å². The van der Waals surface area contributed by atoms with E-state index in [4.69, 9.17) is 0 Å². The zero-order valence-electron chi connectivity index (χ0n) is 9.09. The monoisotopic (exact) mass is 238 g/mol. The molecule has 0 radical (unpaired) electrons. The Kier molecular flexibility index (Phi) is 3.16. The van der Waals surface area contributed by atoms with Gasteiger partial charge >= 0.3 is 0 Å². The van der Waals surface area contributed by atoms with E-state index in [0.717, 1.165) is 4.90 Å². The molecule has 1 aliphatic heterocycles. The first kappa shape index (κ1) is 11.4. The summed E-state index contributed by atoms with van der Waals surface area (Å²) in [5, 5.41) is 9.51. The van der Waals surface area contributed by atoms with Crippen LogP contribution in [0, 0.1) is 0 Å². The predicted molar refractivity (Wildman–Crippen MR) is 62.2 cm³/mol. The van der Waals surface area contributed by atoms with Gasteiger partial charge in [0.05, 0.1) is 24.4 Å². The van der Waals surface area contributed by atoms with Gasteiger partial charge in [-0.15, -0.1) is 11.8 Å². The Morgan fingerprint density at radius 2 is 2.19 bits per heavy atom. The van der Waals surface area contributed by atoms with Gasteiger partial charge in [0.15, 0.2) is 0 Å². The lowest BCUT2D eigenvalue weighted by Crippen LogP contribution is -2.62. The summed E-state index contributed by atoms with van der Waals surface area (Å²) in [5.41, 5.74) is -0.684. The van der Waals surface area contributed by atoms with Crippen molar-refractivity contribution >= 4 is 17.7 Å². The molecule has 0 unspecified atom stereocenters. The van der Waals surface area contributed by atoms with Gasteiger partial charge < -0.3 is 10.0 Å². The number of aromatic nitrogens is 1. The maximum absolute atomic E-state index is 11.7. The molecule has 1 aromatic heterocycles. The molecule has 5 heteroatoms. The highest BCUT2D eigenvalue weighted by Crippen LogP contribution is 2.22. The number of aliphatic hydroxyl groups is 1. The van der Waals surface area contributed by atoms with Gasteiger partial charge in [0.25, 0.3) is 0 Å². The van der Waals surface area contributed by atoms with Crippen LogP contribution in [0.1, 0.15) is 6.92 Å². The Bertz CT molecular complexity index is 373. The maximum atomic E-state index is 11.7. The molecule has 1 aliphatic rings. The van der Waals surface area contributed by atoms with Crippen molar-refractivity contribution in [3.63, 3.8) is 0 Å². The van der Waals surface area contributed by atoms with E-state index in [1.165, 1.54) is 11.8 Å². The first-order chi connectivity index (χ1) is 7.57. The van der Waals surface area contributed by atoms with E-state index in [1.54, 1.807) is 24.2 Å². The van der Waals surface area contributed by atoms with Crippen LogP contribution in [0.5, 0.6) is 0 Å². The van der Waals surface area contributed by atoms with Crippen LogP contribution in [-0.2, 0) is 4.79 Å². The molecule has 16 heavy (non-hydrogen) atoms. The van der Waals surface area contributed by atoms with Crippen LogP contribution in [0.25, 0.3) is 0 Å². The smallest absolute Gasteiger partial charge is 0.233 e. The lowest BCUT2D eigenvalue weighted by Gasteiger charge is -2.44. The number of likely N-dealkylation sites (tertiary alicyclic amines) is 1. The van der Waals surface area contributed by atoms with Crippen LogP contribution in [0.3, 0.4) is 0 Å². The highest BCUT2D eigenvalue weighted by Gasteiger charge is 2.38. The first-order valence-corrected chi connectivity index (χ1v) is 6.08. The van der Waals surface area contributed by atoms with E-state index in [2.05, 4.69) is 4.98 Å². The van der Waals surface area contributed by atoms with Crippen LogP contribution in [0.15, 0.2) is 29.4 Å². The second kappa shape index (κ2) is 4.43. The average molecular weight is 238 g/mol. The summed E-state index contributed by atoms with van der Waals surface area (Å²) in [6.45, 7) is 2.64. The minimum Gasteiger partial charge on any atom is -0.386 e. The van der Waals surface area contributed by atoms with Crippen LogP contribution >= 0.6 is 11.8 Å². The zero-order valence-corrected chi connectivity index (χ0v) is 9.91. The fourth-order valence-corrected chi connectivity index (χ4v) is 2.41. The van der Waals surface area contributed by atoms with Gasteiger partial charge in [0, 0.05) is 17.3 Å². The normalized spacial score (nSPS) is 18.0. The molecule has 1 amide bonds. The number of carbonyl (C=O) groups excluding carboxylic acids is 1. The quantitative estimate of drug-likeness (QED) is 0.790. The van der Waals surface area contributed by atoms with Crippen LogP contribution in [-0.4, -0.2) is 45.3 Å². The molecule has 0 spiro atoms. The Morgan fingerprint density at radius 1 is 1.56 bits per heavy atom. The fraction of sp³-hybridized carbons (Fsp3) is 0.455. The summed E-state index contributed by atoms with van der Waals surface area (Å²) < 4.78 is 0. The maximum Gasteiger partial charge on any atom is 0.233 e. The van der Waals surface area contributed by atoms with Gasteiger partial charge in [-0.05, 0) is 19.1 Å². The summed E-state index contributed by atoms with van der Waals surface area (Å²) >= 11 is 1.49. The number of thioether (sulfide) groups is 1. The van der Waals surface area contributed by atoms with Crippen LogP contribution in [0.2, 0.25) is 0 Å². The third-order valence-corrected chi connectivity index (χ3v) is 3.42. The van der Waals surface area contributed by atoms with E-state index in [9.17, 15) is 9.90 Å². The highest BCUT2D eigenvalue weighted by atomic mass is 32.2. The van der Waals surface area contributed by atoms with Crippen molar-refractivity contribution in [2.45, 2.75) is 17.4 Å². The van der Waals surface area contributed by atoms with Crippen molar-refractivity contribution in [2.24, 2.45) is 0 Å². The summed E-state index contributed by atoms with van der Waals surface area (Å²) in [6.07, 6.45) is 3.42. The Morgan fingerprint density at radius 3 is 2.75 bits per heavy atom. The van der Waals surface area contributed by atoms with Crippen LogP contribution in [0.4, 0.5) is 0 Å². The number of amides is 1. The number of rotatable bonds is 3. The first-order valence-electron chi connectivity index (χ1n) is 5.10. The molecule has 86 valence electrons. The largest absolute Gasteiger partial charge is 0.386 e. The third-order valence-electron chi connectivity index (χ3n) is 2.43. The Hall–Kier alpha value is -1.07. The Balaban J connectivity index is 1.77. The molecule has 0 aliphatic carbocycles. The number of pyridine rings is 1. The minimum absolute atomic E-state index is 0.0772. The topological polar surface area (TPSA) is 53.4 Å². The average Bonchev–Trinajstić information content (AvgIpc) is 2.24. The van der Waals surface area contributed by atoms with Crippen LogP contribution < -0.4 is 0 Å². The van der Waals surface area contributed by atoms with Crippen molar-refractivity contribution in [3.8, 4) is 0 Å². The number of hydrogen-bond donors (Lipinski definition) is 1. The van der Waals surface area contributed by atoms with E-state index in [-0.39, 0.29) is 5.91 Å². The molecule has 0 aromatic carbocycles. The number of carbonyl (C=O) groups is 1. The fourth-order valence-electron chi connectivity index (χ4n) is 1.62. The highest BCUT2D eigenvalue weighted by molar-refractivity contribution is 8.00. The van der Waals surface area contributed by atoms with E-state index >= 15 is 0 Å². The SMILES string of the molecule is CC1(O)CN(C(=O)CSc2ccncc2)C1. The summed E-state index contributed by atoms with van der Waals surface area (Å²) in [6, 6.07) is 3.76. The molecule has 0 saturated carbocycles. The minimum atomic E-state index is -0.684. The van der Waals surface area contributed by atoms with Gasteiger partial charge in [-0.3, -0.25) is 9.78 Å². The third kappa shape index (κ3) is 2.74. The number of nitrogens with zero attached hydrogens (tertiary/aromatic N) is 2. The number of hydrogen-bond acceptors (Lipinski definition) is 4. The lowest BCUT2D eigenvalue weighted by atomic mass is 9.97. The molecule has 1 aromatic rings. The van der Waals surface area contributed by atoms with Gasteiger partial charge in [0.2, 0.25) is 5.91 Å². The van der Waals surface area contributed by atoms with E-state index in [1.807, 2.05) is 12.1 Å². The molecular weight excluding hydrogens is 224 g/mol. The molecule has 1 fully saturated rings. The molecule has 1 saturated heterocycles. The molecule has 0 bridgehead atoms. The molecular formula is C11H14N2O2S. The van der Waals surface area contributed by atoms with E-state index in [0.29, 0.717) is 18.8 Å². The van der Waals surface area contributed by atoms with Gasteiger partial charge in [-0.25, -0.2) is 0 Å². The standard InChI is InChI=1S/C11H14N2O2S/c1-11(15)7-13(8-11)10(14)6-16-9-2-4-12-5-3-9/h2-5,15H,6-8H2,1H3. The van der Waals surface area contributed by atoms with Gasteiger partial charge in [-0.1, -0.05) is 0 Å². The van der Waals surface area contributed by atoms with Gasteiger partial charge in [0.1, 0.15) is 0 Å². The van der Waals surface area contributed by atoms with E-state index < -0.39 is 5.60 Å². The second-order valence-electron chi connectivity index (χ2n) is 4.22. The van der Waals surface area contributed by atoms with Crippen molar-refractivity contribution in [1.29, 1.82) is 0 Å². The number of β-amino-alcohol motifs (C(OH)–C–C–N with tert-alkyl or cyclic N) is 1. The molecule has 2 heterocycles. The second-order valence-corrected chi connectivity index (χ2v) is 5.27. The zero-order chi connectivity index (χ0) is 11.6. The molecule has 4 nitrogen and oxygen atoms in total. The predicted octanol–water partition coefficient (Wildman–Crippen LogP) is 0.767. The molecule has 2 rings (SSSR count). The Labute approximate surface area is 98.7 Å². The molecule has 1 N–H and O–H groups in total. The van der Waals surface area contributed by atoms with Crippen molar-refractivity contribution < 1.29 is 9.90 Å². The van der Waals surface area contributed by atoms with Gasteiger partial charge in [-0.2, -0.15) is 0 Å². The summed E-state index contributed by atoms with van der Waals surface area (Å²) in [7, 11) is 0. The lowest BCUT2D eigenvalue weighted by molar-refractivity contribution is -0.149. The summed E-state index contributed by atoms with van der Waals surface area (Å²) in [4.78, 5) is 18.3. The molecule has 0 atom stereocenters.